The third-order valence-electron chi connectivity index (χ3n) is 4.60. The molecule has 0 N–H and O–H groups in total. The largest absolute Gasteiger partial charge is 0.632 e. The molecule has 0 bridgehead atoms. The molecule has 3 rings (SSSR count). The summed E-state index contributed by atoms with van der Waals surface area (Å²) in [5.41, 5.74) is 2.45. The molecule has 0 amide bonds. The average molecular weight is 312 g/mol. The predicted molar refractivity (Wildman–Crippen MR) is 91.8 cm³/mol. The molecule has 23 heavy (non-hydrogen) atoms. The number of hydrogen-bond donors (Lipinski definition) is 0. The van der Waals surface area contributed by atoms with Gasteiger partial charge in [-0.1, -0.05) is 42.5 Å². The third-order valence-corrected chi connectivity index (χ3v) is 4.60. The second kappa shape index (κ2) is 6.71. The molecule has 0 aromatic heterocycles. The van der Waals surface area contributed by atoms with Crippen LogP contribution >= 0.6 is 0 Å². The smallest absolute Gasteiger partial charge is 0.135 e. The van der Waals surface area contributed by atoms with Crippen molar-refractivity contribution in [3.05, 3.63) is 70.9 Å². The maximum Gasteiger partial charge on any atom is 0.135 e. The van der Waals surface area contributed by atoms with Crippen LogP contribution in [0, 0.1) is 5.21 Å². The molecular weight excluding hydrogens is 288 g/mol. The van der Waals surface area contributed by atoms with Gasteiger partial charge in [0.25, 0.3) is 0 Å². The van der Waals surface area contributed by atoms with Crippen LogP contribution in [0.15, 0.2) is 54.6 Å². The zero-order valence-electron chi connectivity index (χ0n) is 13.8. The van der Waals surface area contributed by atoms with Crippen molar-refractivity contribution in [2.24, 2.45) is 0 Å². The zero-order valence-corrected chi connectivity index (χ0v) is 13.8. The lowest BCUT2D eigenvalue weighted by Crippen LogP contribution is -2.44. The molecule has 1 fully saturated rings. The van der Waals surface area contributed by atoms with E-state index in [2.05, 4.69) is 29.2 Å². The number of nitrogens with zero attached hydrogens (tertiary/aromatic N) is 2. The van der Waals surface area contributed by atoms with E-state index in [1.54, 1.807) is 14.2 Å². The first-order chi connectivity index (χ1) is 11.1. The van der Waals surface area contributed by atoms with Gasteiger partial charge in [0.15, 0.2) is 0 Å². The average Bonchev–Trinajstić information content (AvgIpc) is 2.82. The van der Waals surface area contributed by atoms with Gasteiger partial charge in [0.1, 0.15) is 18.5 Å². The molecule has 122 valence electrons. The number of likely N-dealkylation sites (N-methyl/N-ethyl adjacent to an activating group) is 1. The van der Waals surface area contributed by atoms with Crippen LogP contribution in [0.2, 0.25) is 0 Å². The van der Waals surface area contributed by atoms with Crippen molar-refractivity contribution < 1.29 is 9.38 Å². The molecule has 1 heterocycles. The Bertz CT molecular complexity index is 626. The SMILES string of the molecule is COc1ccc(CC2CN(Cc3ccccc3)C[N+]2(C)[O-])cc1. The van der Waals surface area contributed by atoms with Gasteiger partial charge in [-0.05, 0) is 23.3 Å². The second-order valence-electron chi connectivity index (χ2n) is 6.52. The molecule has 0 saturated carbocycles. The lowest BCUT2D eigenvalue weighted by Gasteiger charge is -2.39. The second-order valence-corrected chi connectivity index (χ2v) is 6.52. The highest BCUT2D eigenvalue weighted by atomic mass is 16.6. The Morgan fingerprint density at radius 1 is 1.09 bits per heavy atom. The molecule has 4 heteroatoms. The highest BCUT2D eigenvalue weighted by Gasteiger charge is 2.36. The Morgan fingerprint density at radius 3 is 2.43 bits per heavy atom. The van der Waals surface area contributed by atoms with Gasteiger partial charge in [0.2, 0.25) is 0 Å². The van der Waals surface area contributed by atoms with E-state index >= 15 is 0 Å². The number of benzene rings is 2. The van der Waals surface area contributed by atoms with E-state index in [0.29, 0.717) is 6.67 Å². The Balaban J connectivity index is 1.65. The van der Waals surface area contributed by atoms with Crippen LogP contribution < -0.4 is 4.74 Å². The summed E-state index contributed by atoms with van der Waals surface area (Å²) in [6, 6.07) is 18.5. The molecule has 0 aliphatic carbocycles. The van der Waals surface area contributed by atoms with Crippen molar-refractivity contribution in [3.63, 3.8) is 0 Å². The van der Waals surface area contributed by atoms with Gasteiger partial charge in [0.05, 0.1) is 20.7 Å². The Kier molecular flexibility index (Phi) is 4.66. The molecule has 2 atom stereocenters. The van der Waals surface area contributed by atoms with Crippen molar-refractivity contribution in [1.29, 1.82) is 0 Å². The van der Waals surface area contributed by atoms with Crippen molar-refractivity contribution in [3.8, 4) is 5.75 Å². The normalized spacial score (nSPS) is 24.7. The molecule has 2 aromatic rings. The Hall–Kier alpha value is -1.88. The van der Waals surface area contributed by atoms with Crippen molar-refractivity contribution >= 4 is 0 Å². The summed E-state index contributed by atoms with van der Waals surface area (Å²) in [5, 5.41) is 12.8. The molecule has 1 aliphatic heterocycles. The number of quaternary nitrogens is 1. The van der Waals surface area contributed by atoms with Gasteiger partial charge in [-0.15, -0.1) is 0 Å². The molecular formula is C19H24N2O2. The standard InChI is InChI=1S/C19H24N2O2/c1-21(22)15-20(13-17-6-4-3-5-7-17)14-18(21)12-16-8-10-19(23-2)11-9-16/h3-11,18H,12-15H2,1-2H3. The maximum atomic E-state index is 12.8. The van der Waals surface area contributed by atoms with Crippen LogP contribution in [0.25, 0.3) is 0 Å². The van der Waals surface area contributed by atoms with Crippen molar-refractivity contribution in [2.75, 3.05) is 27.4 Å². The van der Waals surface area contributed by atoms with Crippen LogP contribution in [0.3, 0.4) is 0 Å². The molecule has 1 aliphatic rings. The first-order valence-corrected chi connectivity index (χ1v) is 8.02. The molecule has 0 spiro atoms. The first-order valence-electron chi connectivity index (χ1n) is 8.02. The maximum absolute atomic E-state index is 12.8. The highest BCUT2D eigenvalue weighted by molar-refractivity contribution is 5.27. The van der Waals surface area contributed by atoms with E-state index in [1.165, 1.54) is 11.1 Å². The topological polar surface area (TPSA) is 35.5 Å². The third kappa shape index (κ3) is 3.91. The molecule has 1 saturated heterocycles. The fourth-order valence-corrected chi connectivity index (χ4v) is 3.29. The van der Waals surface area contributed by atoms with Crippen LogP contribution in [-0.4, -0.2) is 43.0 Å². The van der Waals surface area contributed by atoms with Crippen LogP contribution in [-0.2, 0) is 13.0 Å². The minimum absolute atomic E-state index is 0.0760. The van der Waals surface area contributed by atoms with Gasteiger partial charge < -0.3 is 14.6 Å². The molecule has 2 unspecified atom stereocenters. The van der Waals surface area contributed by atoms with Gasteiger partial charge in [-0.3, -0.25) is 0 Å². The molecule has 4 nitrogen and oxygen atoms in total. The number of methoxy groups -OCH3 is 1. The lowest BCUT2D eigenvalue weighted by molar-refractivity contribution is -0.876. The summed E-state index contributed by atoms with van der Waals surface area (Å²) in [6.07, 6.45) is 0.801. The summed E-state index contributed by atoms with van der Waals surface area (Å²) >= 11 is 0. The highest BCUT2D eigenvalue weighted by Crippen LogP contribution is 2.25. The molecule has 0 radical (unpaired) electrons. The van der Waals surface area contributed by atoms with Gasteiger partial charge >= 0.3 is 0 Å². The van der Waals surface area contributed by atoms with Crippen LogP contribution in [0.5, 0.6) is 5.75 Å². The minimum atomic E-state index is -0.196. The van der Waals surface area contributed by atoms with Crippen LogP contribution in [0.1, 0.15) is 11.1 Å². The summed E-state index contributed by atoms with van der Waals surface area (Å²) < 4.78 is 4.99. The number of rotatable bonds is 5. The zero-order chi connectivity index (χ0) is 16.3. The number of hydrogen-bond acceptors (Lipinski definition) is 3. The van der Waals surface area contributed by atoms with E-state index < -0.39 is 0 Å². The van der Waals surface area contributed by atoms with Crippen molar-refractivity contribution in [2.45, 2.75) is 19.0 Å². The summed E-state index contributed by atoms with van der Waals surface area (Å²) in [7, 11) is 3.46. The van der Waals surface area contributed by atoms with E-state index in [4.69, 9.17) is 4.74 Å². The van der Waals surface area contributed by atoms with E-state index in [1.807, 2.05) is 30.3 Å². The monoisotopic (exact) mass is 312 g/mol. The lowest BCUT2D eigenvalue weighted by atomic mass is 10.1. The molecule has 2 aromatic carbocycles. The Morgan fingerprint density at radius 2 is 1.78 bits per heavy atom. The fourth-order valence-electron chi connectivity index (χ4n) is 3.29. The fraction of sp³-hybridized carbons (Fsp3) is 0.368. The van der Waals surface area contributed by atoms with E-state index in [9.17, 15) is 5.21 Å². The summed E-state index contributed by atoms with van der Waals surface area (Å²) in [6.45, 7) is 2.23. The quantitative estimate of drug-likeness (QED) is 0.629. The van der Waals surface area contributed by atoms with Crippen LogP contribution in [0.4, 0.5) is 0 Å². The number of hydroxylamine groups is 3. The van der Waals surface area contributed by atoms with Gasteiger partial charge in [0, 0.05) is 13.0 Å². The van der Waals surface area contributed by atoms with Gasteiger partial charge in [-0.25, -0.2) is 4.90 Å². The Labute approximate surface area is 138 Å². The summed E-state index contributed by atoms with van der Waals surface area (Å²) in [4.78, 5) is 2.26. The van der Waals surface area contributed by atoms with Crippen molar-refractivity contribution in [1.82, 2.24) is 4.90 Å². The van der Waals surface area contributed by atoms with E-state index in [0.717, 1.165) is 25.3 Å². The first kappa shape index (κ1) is 16.0. The van der Waals surface area contributed by atoms with E-state index in [-0.39, 0.29) is 10.7 Å². The number of ether oxygens (including phenoxy) is 1. The predicted octanol–water partition coefficient (Wildman–Crippen LogP) is 3.02. The van der Waals surface area contributed by atoms with Gasteiger partial charge in [-0.2, -0.15) is 0 Å². The minimum Gasteiger partial charge on any atom is -0.632 e. The summed E-state index contributed by atoms with van der Waals surface area (Å²) in [5.74, 6) is 0.852.